The average Bonchev–Trinajstić information content (AvgIpc) is 2.52. The third-order valence-corrected chi connectivity index (χ3v) is 3.63. The Kier molecular flexibility index (Phi) is 5.80. The number of amides is 1. The zero-order chi connectivity index (χ0) is 14.2. The number of hydrogen-bond donors (Lipinski definition) is 2. The highest BCUT2D eigenvalue weighted by molar-refractivity contribution is 5.99. The van der Waals surface area contributed by atoms with Gasteiger partial charge in [-0.15, -0.1) is 0 Å². The van der Waals surface area contributed by atoms with Gasteiger partial charge in [-0.3, -0.25) is 9.78 Å². The number of hydrogen-bond acceptors (Lipinski definition) is 4. The van der Waals surface area contributed by atoms with Gasteiger partial charge in [-0.05, 0) is 18.9 Å². The average molecular weight is 277 g/mol. The molecule has 2 N–H and O–H groups in total. The summed E-state index contributed by atoms with van der Waals surface area (Å²) < 4.78 is 5.78. The molecule has 1 amide bonds. The Bertz CT molecular complexity index is 431. The third-order valence-electron chi connectivity index (χ3n) is 3.63. The van der Waals surface area contributed by atoms with E-state index in [-0.39, 0.29) is 5.91 Å². The Morgan fingerprint density at radius 3 is 2.95 bits per heavy atom. The summed E-state index contributed by atoms with van der Waals surface area (Å²) in [6.45, 7) is 1.12. The summed E-state index contributed by atoms with van der Waals surface area (Å²) in [4.78, 5) is 16.0. The maximum atomic E-state index is 12.0. The number of nitrogens with zero attached hydrogens (tertiary/aromatic N) is 1. The lowest BCUT2D eigenvalue weighted by atomic mass is 9.98. The molecule has 1 fully saturated rings. The molecule has 0 bridgehead atoms. The highest BCUT2D eigenvalue weighted by atomic mass is 16.5. The van der Waals surface area contributed by atoms with Crippen molar-refractivity contribution in [3.05, 3.63) is 24.0 Å². The van der Waals surface area contributed by atoms with Crippen LogP contribution in [0.1, 0.15) is 42.5 Å². The van der Waals surface area contributed by atoms with Crippen LogP contribution < -0.4 is 10.6 Å². The third kappa shape index (κ3) is 4.20. The van der Waals surface area contributed by atoms with Crippen LogP contribution in [0.15, 0.2) is 18.5 Å². The Morgan fingerprint density at radius 1 is 1.40 bits per heavy atom. The lowest BCUT2D eigenvalue weighted by molar-refractivity contribution is 0.0299. The Morgan fingerprint density at radius 2 is 2.20 bits per heavy atom. The maximum Gasteiger partial charge on any atom is 0.253 e. The first-order valence-electron chi connectivity index (χ1n) is 7.33. The Labute approximate surface area is 120 Å². The van der Waals surface area contributed by atoms with Gasteiger partial charge in [0.15, 0.2) is 0 Å². The molecular formula is C15H23N3O2. The van der Waals surface area contributed by atoms with Crippen molar-refractivity contribution in [2.45, 2.75) is 38.2 Å². The lowest BCUT2D eigenvalue weighted by Crippen LogP contribution is -2.29. The standard InChI is InChI=1S/C15H23N3O2/c1-16-14-11-17-8-7-13(14)15(19)18-9-10-20-12-5-3-2-4-6-12/h7-8,11-12,16H,2-6,9-10H2,1H3,(H,18,19). The summed E-state index contributed by atoms with van der Waals surface area (Å²) in [5.74, 6) is -0.0935. The van der Waals surface area contributed by atoms with Crippen LogP contribution in [0.25, 0.3) is 0 Å². The number of aromatic nitrogens is 1. The van der Waals surface area contributed by atoms with Crippen molar-refractivity contribution in [2.24, 2.45) is 0 Å². The summed E-state index contributed by atoms with van der Waals surface area (Å²) >= 11 is 0. The van der Waals surface area contributed by atoms with E-state index in [2.05, 4.69) is 15.6 Å². The highest BCUT2D eigenvalue weighted by Gasteiger charge is 2.14. The molecule has 110 valence electrons. The molecule has 5 heteroatoms. The number of anilines is 1. The molecule has 1 saturated carbocycles. The van der Waals surface area contributed by atoms with Gasteiger partial charge in [0.2, 0.25) is 0 Å². The van der Waals surface area contributed by atoms with Gasteiger partial charge in [0.25, 0.3) is 5.91 Å². The summed E-state index contributed by atoms with van der Waals surface area (Å²) in [6.07, 6.45) is 9.81. The highest BCUT2D eigenvalue weighted by Crippen LogP contribution is 2.19. The summed E-state index contributed by atoms with van der Waals surface area (Å²) in [6, 6.07) is 1.71. The first kappa shape index (κ1) is 14.8. The van der Waals surface area contributed by atoms with Crippen LogP contribution >= 0.6 is 0 Å². The molecule has 0 aliphatic heterocycles. The van der Waals surface area contributed by atoms with Crippen LogP contribution in [-0.4, -0.2) is 37.2 Å². The van der Waals surface area contributed by atoms with Crippen molar-refractivity contribution < 1.29 is 9.53 Å². The molecule has 2 rings (SSSR count). The number of ether oxygens (including phenoxy) is 1. The van der Waals surface area contributed by atoms with Crippen LogP contribution in [0.3, 0.4) is 0 Å². The van der Waals surface area contributed by atoms with Gasteiger partial charge >= 0.3 is 0 Å². The molecule has 1 heterocycles. The smallest absolute Gasteiger partial charge is 0.253 e. The lowest BCUT2D eigenvalue weighted by Gasteiger charge is -2.22. The number of carbonyl (C=O) groups is 1. The molecule has 1 aliphatic carbocycles. The molecule has 20 heavy (non-hydrogen) atoms. The molecular weight excluding hydrogens is 254 g/mol. The van der Waals surface area contributed by atoms with E-state index in [9.17, 15) is 4.79 Å². The minimum Gasteiger partial charge on any atom is -0.386 e. The summed E-state index contributed by atoms with van der Waals surface area (Å²) in [5.41, 5.74) is 1.35. The van der Waals surface area contributed by atoms with Gasteiger partial charge in [-0.1, -0.05) is 19.3 Å². The van der Waals surface area contributed by atoms with Gasteiger partial charge in [-0.25, -0.2) is 0 Å². The minimum atomic E-state index is -0.0935. The molecule has 0 aromatic carbocycles. The predicted molar refractivity (Wildman–Crippen MR) is 78.9 cm³/mol. The molecule has 5 nitrogen and oxygen atoms in total. The molecule has 1 aromatic heterocycles. The molecule has 1 aromatic rings. The van der Waals surface area contributed by atoms with Gasteiger partial charge in [-0.2, -0.15) is 0 Å². The van der Waals surface area contributed by atoms with Crippen LogP contribution in [0.5, 0.6) is 0 Å². The summed E-state index contributed by atoms with van der Waals surface area (Å²) in [7, 11) is 1.78. The number of carbonyl (C=O) groups excluding carboxylic acids is 1. The van der Waals surface area contributed by atoms with E-state index < -0.39 is 0 Å². The van der Waals surface area contributed by atoms with Crippen molar-refractivity contribution in [3.63, 3.8) is 0 Å². The largest absolute Gasteiger partial charge is 0.386 e. The van der Waals surface area contributed by atoms with Crippen LogP contribution in [0.2, 0.25) is 0 Å². The zero-order valence-corrected chi connectivity index (χ0v) is 12.0. The van der Waals surface area contributed by atoms with Gasteiger partial charge in [0, 0.05) is 19.8 Å². The van der Waals surface area contributed by atoms with E-state index in [4.69, 9.17) is 4.74 Å². The molecule has 0 atom stereocenters. The van der Waals surface area contributed by atoms with E-state index in [1.807, 2.05) is 0 Å². The van der Waals surface area contributed by atoms with Crippen molar-refractivity contribution >= 4 is 11.6 Å². The van der Waals surface area contributed by atoms with E-state index in [0.29, 0.717) is 24.8 Å². The SMILES string of the molecule is CNc1cnccc1C(=O)NCCOC1CCCCC1. The first-order valence-corrected chi connectivity index (χ1v) is 7.33. The van der Waals surface area contributed by atoms with Crippen molar-refractivity contribution in [3.8, 4) is 0 Å². The van der Waals surface area contributed by atoms with Crippen LogP contribution in [0.4, 0.5) is 5.69 Å². The molecule has 1 aliphatic rings. The van der Waals surface area contributed by atoms with Gasteiger partial charge < -0.3 is 15.4 Å². The second-order valence-electron chi connectivity index (χ2n) is 5.06. The molecule has 0 unspecified atom stereocenters. The monoisotopic (exact) mass is 277 g/mol. The fraction of sp³-hybridized carbons (Fsp3) is 0.600. The van der Waals surface area contributed by atoms with Crippen LogP contribution in [-0.2, 0) is 4.74 Å². The Balaban J connectivity index is 1.72. The predicted octanol–water partition coefficient (Wildman–Crippen LogP) is 2.20. The van der Waals surface area contributed by atoms with E-state index >= 15 is 0 Å². The molecule has 0 saturated heterocycles. The van der Waals surface area contributed by atoms with Crippen molar-refractivity contribution in [1.82, 2.24) is 10.3 Å². The first-order chi connectivity index (χ1) is 9.81. The zero-order valence-electron chi connectivity index (χ0n) is 12.0. The minimum absolute atomic E-state index is 0.0935. The normalized spacial score (nSPS) is 15.8. The summed E-state index contributed by atoms with van der Waals surface area (Å²) in [5, 5.41) is 5.85. The van der Waals surface area contributed by atoms with Crippen molar-refractivity contribution in [2.75, 3.05) is 25.5 Å². The fourth-order valence-corrected chi connectivity index (χ4v) is 2.51. The number of pyridine rings is 1. The molecule has 0 spiro atoms. The number of rotatable bonds is 6. The fourth-order valence-electron chi connectivity index (χ4n) is 2.51. The van der Waals surface area contributed by atoms with Gasteiger partial charge in [0.05, 0.1) is 30.2 Å². The topological polar surface area (TPSA) is 63.2 Å². The van der Waals surface area contributed by atoms with E-state index in [1.54, 1.807) is 25.5 Å². The molecule has 0 radical (unpaired) electrons. The quantitative estimate of drug-likeness (QED) is 0.783. The second kappa shape index (κ2) is 7.85. The van der Waals surface area contributed by atoms with Crippen LogP contribution in [0, 0.1) is 0 Å². The maximum absolute atomic E-state index is 12.0. The second-order valence-corrected chi connectivity index (χ2v) is 5.06. The number of nitrogens with one attached hydrogen (secondary N) is 2. The van der Waals surface area contributed by atoms with Gasteiger partial charge in [0.1, 0.15) is 0 Å². The Hall–Kier alpha value is -1.62. The van der Waals surface area contributed by atoms with E-state index in [0.717, 1.165) is 18.5 Å². The van der Waals surface area contributed by atoms with Crippen molar-refractivity contribution in [1.29, 1.82) is 0 Å². The van der Waals surface area contributed by atoms with E-state index in [1.165, 1.54) is 19.3 Å².